The van der Waals surface area contributed by atoms with Gasteiger partial charge in [-0.05, 0) is 29.3 Å². The van der Waals surface area contributed by atoms with Gasteiger partial charge in [-0.3, -0.25) is 9.69 Å². The number of aromatic nitrogens is 1. The van der Waals surface area contributed by atoms with E-state index >= 15 is 0 Å². The lowest BCUT2D eigenvalue weighted by molar-refractivity contribution is -0.131. The molecular weight excluding hydrogens is 386 g/mol. The molecule has 3 heterocycles. The molecule has 7 heteroatoms. The van der Waals surface area contributed by atoms with E-state index in [4.69, 9.17) is 4.42 Å². The number of imide groups is 1. The summed E-state index contributed by atoms with van der Waals surface area (Å²) in [5.41, 5.74) is 1.20. The van der Waals surface area contributed by atoms with Crippen molar-refractivity contribution < 1.29 is 14.0 Å². The van der Waals surface area contributed by atoms with Crippen molar-refractivity contribution in [2.45, 2.75) is 19.0 Å². The van der Waals surface area contributed by atoms with E-state index in [-0.39, 0.29) is 12.5 Å². The molecule has 4 aromatic rings. The highest BCUT2D eigenvalue weighted by atomic mass is 32.1. The zero-order valence-corrected chi connectivity index (χ0v) is 16.4. The topological polar surface area (TPSA) is 75.4 Å². The summed E-state index contributed by atoms with van der Waals surface area (Å²) in [5.74, 6) is -0.281. The van der Waals surface area contributed by atoms with Crippen LogP contribution >= 0.6 is 11.3 Å². The molecular formula is C22H17N3O3S. The number of nitrogens with one attached hydrogen (secondary N) is 1. The van der Waals surface area contributed by atoms with Crippen LogP contribution in [0.3, 0.4) is 0 Å². The van der Waals surface area contributed by atoms with Gasteiger partial charge in [0.2, 0.25) is 0 Å². The van der Waals surface area contributed by atoms with Crippen molar-refractivity contribution >= 4 is 34.0 Å². The Morgan fingerprint density at radius 2 is 1.97 bits per heavy atom. The molecule has 0 aliphatic carbocycles. The first-order valence-corrected chi connectivity index (χ1v) is 10.0. The van der Waals surface area contributed by atoms with Crippen LogP contribution in [-0.2, 0) is 16.9 Å². The SMILES string of the molecule is CC1(c2cccc3ccccc23)NC(=O)N(Cc2csc(-c3ccoc3)n2)C1=O. The average molecular weight is 403 g/mol. The van der Waals surface area contributed by atoms with Crippen molar-refractivity contribution in [1.82, 2.24) is 15.2 Å². The monoisotopic (exact) mass is 403 g/mol. The van der Waals surface area contributed by atoms with E-state index in [1.165, 1.54) is 16.2 Å². The zero-order valence-electron chi connectivity index (χ0n) is 15.6. The van der Waals surface area contributed by atoms with Gasteiger partial charge in [-0.25, -0.2) is 9.78 Å². The number of benzene rings is 2. The Morgan fingerprint density at radius 1 is 1.14 bits per heavy atom. The number of fused-ring (bicyclic) bond motifs is 1. The van der Waals surface area contributed by atoms with Gasteiger partial charge in [0, 0.05) is 10.9 Å². The van der Waals surface area contributed by atoms with Crippen LogP contribution in [0.2, 0.25) is 0 Å². The van der Waals surface area contributed by atoms with Gasteiger partial charge >= 0.3 is 6.03 Å². The molecule has 1 unspecified atom stereocenters. The van der Waals surface area contributed by atoms with Crippen molar-refractivity contribution in [3.63, 3.8) is 0 Å². The van der Waals surface area contributed by atoms with Gasteiger partial charge in [0.05, 0.1) is 18.5 Å². The lowest BCUT2D eigenvalue weighted by atomic mass is 9.88. The fraction of sp³-hybridized carbons (Fsp3) is 0.136. The highest BCUT2D eigenvalue weighted by molar-refractivity contribution is 7.13. The summed E-state index contributed by atoms with van der Waals surface area (Å²) in [5, 5.41) is 7.51. The van der Waals surface area contributed by atoms with Crippen molar-refractivity contribution in [1.29, 1.82) is 0 Å². The van der Waals surface area contributed by atoms with Crippen LogP contribution in [0.15, 0.2) is 70.9 Å². The van der Waals surface area contributed by atoms with Crippen molar-refractivity contribution in [2.75, 3.05) is 0 Å². The highest BCUT2D eigenvalue weighted by Gasteiger charge is 2.49. The van der Waals surface area contributed by atoms with E-state index in [1.807, 2.05) is 53.9 Å². The Hall–Kier alpha value is -3.45. The number of furan rings is 1. The predicted molar refractivity (Wildman–Crippen MR) is 110 cm³/mol. The molecule has 1 atom stereocenters. The van der Waals surface area contributed by atoms with Gasteiger partial charge in [0.15, 0.2) is 0 Å². The number of amides is 3. The standard InChI is InChI=1S/C22H17N3O3S/c1-22(18-8-4-6-14-5-2-3-7-17(14)18)20(26)25(21(27)24-22)11-16-13-29-19(23-16)15-9-10-28-12-15/h2-10,12-13H,11H2,1H3,(H,24,27). The van der Waals surface area contributed by atoms with E-state index in [0.717, 1.165) is 26.9 Å². The van der Waals surface area contributed by atoms with Crippen LogP contribution in [0, 0.1) is 0 Å². The van der Waals surface area contributed by atoms with Crippen LogP contribution in [0.25, 0.3) is 21.3 Å². The molecule has 6 nitrogen and oxygen atoms in total. The largest absolute Gasteiger partial charge is 0.472 e. The molecule has 0 spiro atoms. The number of thiazole rings is 1. The minimum atomic E-state index is -1.12. The summed E-state index contributed by atoms with van der Waals surface area (Å²) in [6, 6.07) is 15.1. The van der Waals surface area contributed by atoms with Crippen LogP contribution in [0.4, 0.5) is 4.79 Å². The number of hydrogen-bond acceptors (Lipinski definition) is 5. The normalized spacial score (nSPS) is 19.1. The Kier molecular flexibility index (Phi) is 3.99. The third kappa shape index (κ3) is 2.82. The Balaban J connectivity index is 1.47. The molecule has 1 aliphatic heterocycles. The maximum Gasteiger partial charge on any atom is 0.325 e. The Labute approximate surface area is 170 Å². The van der Waals surface area contributed by atoms with Crippen LogP contribution in [0.5, 0.6) is 0 Å². The molecule has 5 rings (SSSR count). The third-order valence-corrected chi connectivity index (χ3v) is 6.18. The van der Waals surface area contributed by atoms with Crippen LogP contribution in [0.1, 0.15) is 18.2 Å². The number of carbonyl (C=O) groups is 2. The minimum Gasteiger partial charge on any atom is -0.472 e. The number of nitrogens with zero attached hydrogens (tertiary/aromatic N) is 2. The summed E-state index contributed by atoms with van der Waals surface area (Å²) < 4.78 is 5.10. The molecule has 1 saturated heterocycles. The fourth-order valence-electron chi connectivity index (χ4n) is 3.74. The highest BCUT2D eigenvalue weighted by Crippen LogP contribution is 2.34. The van der Waals surface area contributed by atoms with E-state index in [9.17, 15) is 9.59 Å². The number of rotatable bonds is 4. The maximum absolute atomic E-state index is 13.3. The van der Waals surface area contributed by atoms with Crippen LogP contribution in [-0.4, -0.2) is 21.8 Å². The number of hydrogen-bond donors (Lipinski definition) is 1. The van der Waals surface area contributed by atoms with Gasteiger partial charge in [-0.15, -0.1) is 11.3 Å². The van der Waals surface area contributed by atoms with Gasteiger partial charge in [-0.1, -0.05) is 42.5 Å². The molecule has 1 fully saturated rings. The van der Waals surface area contributed by atoms with E-state index in [1.54, 1.807) is 19.5 Å². The molecule has 29 heavy (non-hydrogen) atoms. The minimum absolute atomic E-state index is 0.124. The average Bonchev–Trinajstić information content (AvgIpc) is 3.46. The lowest BCUT2D eigenvalue weighted by Crippen LogP contribution is -2.41. The van der Waals surface area contributed by atoms with Crippen molar-refractivity contribution in [2.24, 2.45) is 0 Å². The summed E-state index contributed by atoms with van der Waals surface area (Å²) in [4.78, 5) is 31.8. The second-order valence-electron chi connectivity index (χ2n) is 7.13. The van der Waals surface area contributed by atoms with Gasteiger partial charge in [-0.2, -0.15) is 0 Å². The third-order valence-electron chi connectivity index (χ3n) is 5.24. The molecule has 0 saturated carbocycles. The Morgan fingerprint density at radius 3 is 2.79 bits per heavy atom. The zero-order chi connectivity index (χ0) is 20.0. The second-order valence-corrected chi connectivity index (χ2v) is 7.99. The molecule has 0 bridgehead atoms. The first kappa shape index (κ1) is 17.6. The molecule has 1 aliphatic rings. The number of carbonyl (C=O) groups excluding carboxylic acids is 2. The van der Waals surface area contributed by atoms with Gasteiger partial charge < -0.3 is 9.73 Å². The van der Waals surface area contributed by atoms with Crippen molar-refractivity contribution in [3.05, 3.63) is 77.7 Å². The number of urea groups is 1. The molecule has 144 valence electrons. The maximum atomic E-state index is 13.3. The van der Waals surface area contributed by atoms with E-state index < -0.39 is 11.6 Å². The molecule has 3 amide bonds. The van der Waals surface area contributed by atoms with E-state index in [2.05, 4.69) is 10.3 Å². The molecule has 2 aromatic heterocycles. The molecule has 0 radical (unpaired) electrons. The fourth-order valence-corrected chi connectivity index (χ4v) is 4.54. The summed E-state index contributed by atoms with van der Waals surface area (Å²) in [7, 11) is 0. The second kappa shape index (κ2) is 6.56. The smallest absolute Gasteiger partial charge is 0.325 e. The van der Waals surface area contributed by atoms with E-state index in [0.29, 0.717) is 5.69 Å². The first-order valence-electron chi connectivity index (χ1n) is 9.15. The summed E-state index contributed by atoms with van der Waals surface area (Å²) >= 11 is 1.45. The molecule has 1 N–H and O–H groups in total. The lowest BCUT2D eigenvalue weighted by Gasteiger charge is -2.24. The Bertz CT molecular complexity index is 1230. The van der Waals surface area contributed by atoms with Gasteiger partial charge in [0.25, 0.3) is 5.91 Å². The quantitative estimate of drug-likeness (QED) is 0.508. The first-order chi connectivity index (χ1) is 14.1. The summed E-state index contributed by atoms with van der Waals surface area (Å²) in [6.07, 6.45) is 3.21. The van der Waals surface area contributed by atoms with Gasteiger partial charge in [0.1, 0.15) is 16.8 Å². The summed E-state index contributed by atoms with van der Waals surface area (Å²) in [6.45, 7) is 1.88. The molecule has 2 aromatic carbocycles. The van der Waals surface area contributed by atoms with Crippen LogP contribution < -0.4 is 5.32 Å². The predicted octanol–water partition coefficient (Wildman–Crippen LogP) is 4.52. The van der Waals surface area contributed by atoms with Crippen molar-refractivity contribution in [3.8, 4) is 10.6 Å².